The first-order chi connectivity index (χ1) is 8.61. The largest absolute Gasteiger partial charge is 0.462 e. The summed E-state index contributed by atoms with van der Waals surface area (Å²) in [4.78, 5) is 11.2. The van der Waals surface area contributed by atoms with Crippen molar-refractivity contribution in [2.24, 2.45) is 0 Å². The predicted molar refractivity (Wildman–Crippen MR) is 74.6 cm³/mol. The zero-order valence-corrected chi connectivity index (χ0v) is 12.2. The molecular formula is C14H20FO2P. The minimum absolute atomic E-state index is 0.0670. The first kappa shape index (κ1) is 15.1. The van der Waals surface area contributed by atoms with Crippen LogP contribution in [0.25, 0.3) is 0 Å². The lowest BCUT2D eigenvalue weighted by Gasteiger charge is -2.16. The molecule has 0 aliphatic carbocycles. The van der Waals surface area contributed by atoms with Gasteiger partial charge in [0.05, 0.1) is 6.42 Å². The third-order valence-corrected chi connectivity index (χ3v) is 3.41. The molecule has 0 saturated carbocycles. The molecule has 2 nitrogen and oxygen atoms in total. The normalized spacial score (nSPS) is 22.2. The number of benzene rings is 1. The first-order valence-corrected chi connectivity index (χ1v) is 6.94. The predicted octanol–water partition coefficient (Wildman–Crippen LogP) is 3.16. The molecule has 1 aliphatic heterocycles. The Bertz CT molecular complexity index is 420. The fourth-order valence-electron chi connectivity index (χ4n) is 2.10. The topological polar surface area (TPSA) is 26.3 Å². The Morgan fingerprint density at radius 3 is 2.67 bits per heavy atom. The van der Waals surface area contributed by atoms with E-state index in [4.69, 9.17) is 4.74 Å². The zero-order valence-electron chi connectivity index (χ0n) is 11.1. The highest BCUT2D eigenvalue weighted by molar-refractivity contribution is 7.27. The molecule has 2 rings (SSSR count). The highest BCUT2D eigenvalue weighted by atomic mass is 31.0. The van der Waals surface area contributed by atoms with E-state index >= 15 is 0 Å². The Labute approximate surface area is 110 Å². The Kier molecular flexibility index (Phi) is 5.74. The lowest BCUT2D eigenvalue weighted by Crippen LogP contribution is -2.14. The first-order valence-electron chi connectivity index (χ1n) is 6.36. The summed E-state index contributed by atoms with van der Waals surface area (Å²) in [6.45, 7) is 5.99. The van der Waals surface area contributed by atoms with Crippen molar-refractivity contribution in [1.29, 1.82) is 0 Å². The average Bonchev–Trinajstić information content (AvgIpc) is 2.76. The molecule has 0 spiro atoms. The van der Waals surface area contributed by atoms with Gasteiger partial charge in [0.1, 0.15) is 11.9 Å². The minimum atomic E-state index is -0.243. The van der Waals surface area contributed by atoms with E-state index in [9.17, 15) is 9.18 Å². The Morgan fingerprint density at radius 2 is 2.11 bits per heavy atom. The van der Waals surface area contributed by atoms with Crippen LogP contribution in [0.2, 0.25) is 0 Å². The maximum atomic E-state index is 13.1. The van der Waals surface area contributed by atoms with Gasteiger partial charge in [0.2, 0.25) is 0 Å². The van der Waals surface area contributed by atoms with Gasteiger partial charge in [0.15, 0.2) is 0 Å². The van der Waals surface area contributed by atoms with E-state index < -0.39 is 0 Å². The number of rotatable bonds is 2. The molecule has 0 bridgehead atoms. The number of hydrogen-bond donors (Lipinski definition) is 0. The molecule has 0 N–H and O–H groups in total. The fraction of sp³-hybridized carbons (Fsp3) is 0.500. The molecule has 0 aromatic heterocycles. The summed E-state index contributed by atoms with van der Waals surface area (Å²) < 4.78 is 18.3. The van der Waals surface area contributed by atoms with Crippen molar-refractivity contribution in [3.05, 3.63) is 29.6 Å². The van der Waals surface area contributed by atoms with E-state index in [0.29, 0.717) is 11.7 Å². The molecule has 0 radical (unpaired) electrons. The van der Waals surface area contributed by atoms with Gasteiger partial charge in [-0.25, -0.2) is 4.39 Å². The van der Waals surface area contributed by atoms with Gasteiger partial charge < -0.3 is 4.74 Å². The van der Waals surface area contributed by atoms with Crippen LogP contribution >= 0.6 is 9.24 Å². The van der Waals surface area contributed by atoms with Crippen LogP contribution in [0.15, 0.2) is 18.2 Å². The quantitative estimate of drug-likeness (QED) is 0.609. The van der Waals surface area contributed by atoms with Crippen LogP contribution in [0.5, 0.6) is 0 Å². The number of carbonyl (C=O) groups excluding carboxylic acids is 1. The van der Waals surface area contributed by atoms with E-state index in [2.05, 4.69) is 9.24 Å². The van der Waals surface area contributed by atoms with Crippen LogP contribution in [0.1, 0.15) is 45.1 Å². The van der Waals surface area contributed by atoms with Crippen LogP contribution in [0, 0.1) is 5.82 Å². The van der Waals surface area contributed by atoms with Crippen molar-refractivity contribution in [3.63, 3.8) is 0 Å². The molecule has 1 fully saturated rings. The van der Waals surface area contributed by atoms with E-state index in [0.717, 1.165) is 12.0 Å². The number of ether oxygens (including phenoxy) is 1. The van der Waals surface area contributed by atoms with E-state index in [1.54, 1.807) is 12.1 Å². The van der Waals surface area contributed by atoms with Crippen molar-refractivity contribution in [3.8, 4) is 0 Å². The molecule has 18 heavy (non-hydrogen) atoms. The summed E-state index contributed by atoms with van der Waals surface area (Å²) in [5, 5.41) is 0.534. The van der Waals surface area contributed by atoms with Crippen LogP contribution in [-0.4, -0.2) is 12.1 Å². The molecule has 4 heteroatoms. The minimum Gasteiger partial charge on any atom is -0.462 e. The fourth-order valence-corrected chi connectivity index (χ4v) is 2.39. The smallest absolute Gasteiger partial charge is 0.306 e. The molecular weight excluding hydrogens is 250 g/mol. The highest BCUT2D eigenvalue weighted by Crippen LogP contribution is 2.33. The monoisotopic (exact) mass is 270 g/mol. The van der Waals surface area contributed by atoms with E-state index in [-0.39, 0.29) is 23.8 Å². The molecule has 1 heterocycles. The lowest BCUT2D eigenvalue weighted by atomic mass is 9.91. The summed E-state index contributed by atoms with van der Waals surface area (Å²) in [6, 6.07) is 4.95. The Morgan fingerprint density at radius 1 is 1.44 bits per heavy atom. The van der Waals surface area contributed by atoms with Gasteiger partial charge in [-0.1, -0.05) is 26.8 Å². The van der Waals surface area contributed by atoms with Crippen molar-refractivity contribution in [2.75, 3.05) is 0 Å². The molecule has 1 aromatic carbocycles. The maximum Gasteiger partial charge on any atom is 0.306 e. The second kappa shape index (κ2) is 6.84. The number of cyclic esters (lactones) is 1. The Hall–Kier alpha value is -0.950. The molecule has 100 valence electrons. The summed E-state index contributed by atoms with van der Waals surface area (Å²) in [5.41, 5.74) is 0.976. The summed E-state index contributed by atoms with van der Waals surface area (Å²) in [6.07, 6.45) is 1.12. The molecule has 0 amide bonds. The van der Waals surface area contributed by atoms with Crippen molar-refractivity contribution < 1.29 is 13.9 Å². The summed E-state index contributed by atoms with van der Waals surface area (Å²) in [7, 11) is 2.36. The van der Waals surface area contributed by atoms with Gasteiger partial charge in [-0.3, -0.25) is 4.79 Å². The van der Waals surface area contributed by atoms with E-state index in [1.807, 2.05) is 20.8 Å². The number of carbonyl (C=O) groups is 1. The van der Waals surface area contributed by atoms with E-state index in [1.165, 1.54) is 6.07 Å². The van der Waals surface area contributed by atoms with Gasteiger partial charge in [-0.05, 0) is 24.1 Å². The van der Waals surface area contributed by atoms with Gasteiger partial charge in [0.25, 0.3) is 0 Å². The maximum absolute atomic E-state index is 13.1. The van der Waals surface area contributed by atoms with Crippen molar-refractivity contribution in [2.45, 2.75) is 45.6 Å². The number of hydrogen-bond acceptors (Lipinski definition) is 2. The zero-order chi connectivity index (χ0) is 13.7. The van der Waals surface area contributed by atoms with Gasteiger partial charge in [-0.2, -0.15) is 0 Å². The molecule has 1 saturated heterocycles. The second-order valence-electron chi connectivity index (χ2n) is 4.03. The molecule has 1 aromatic rings. The number of esters is 1. The van der Waals surface area contributed by atoms with Crippen LogP contribution in [0.4, 0.5) is 4.39 Å². The molecule has 1 aliphatic rings. The van der Waals surface area contributed by atoms with Crippen LogP contribution in [0.3, 0.4) is 0 Å². The van der Waals surface area contributed by atoms with Crippen molar-refractivity contribution in [1.82, 2.24) is 0 Å². The number of halogens is 1. The lowest BCUT2D eigenvalue weighted by molar-refractivity contribution is -0.141. The highest BCUT2D eigenvalue weighted by Gasteiger charge is 2.34. The average molecular weight is 270 g/mol. The van der Waals surface area contributed by atoms with Crippen LogP contribution in [-0.2, 0) is 9.53 Å². The third kappa shape index (κ3) is 3.29. The van der Waals surface area contributed by atoms with Crippen LogP contribution < -0.4 is 5.30 Å². The molecule has 3 atom stereocenters. The summed E-state index contributed by atoms with van der Waals surface area (Å²) >= 11 is 0. The second-order valence-corrected chi connectivity index (χ2v) is 4.65. The third-order valence-electron chi connectivity index (χ3n) is 2.97. The Balaban J connectivity index is 0.000000771. The van der Waals surface area contributed by atoms with Gasteiger partial charge in [-0.15, -0.1) is 9.24 Å². The SMILES string of the molecule is CC.CCC1OC(=O)CC1c1ccc(F)c(P)c1. The van der Waals surface area contributed by atoms with Crippen molar-refractivity contribution >= 4 is 20.5 Å². The van der Waals surface area contributed by atoms with Gasteiger partial charge in [0, 0.05) is 11.2 Å². The van der Waals surface area contributed by atoms with Gasteiger partial charge >= 0.3 is 5.97 Å². The molecule has 3 unspecified atom stereocenters. The summed E-state index contributed by atoms with van der Waals surface area (Å²) in [5.74, 6) is -0.337. The standard InChI is InChI=1S/C12H14FO2P.C2H6/c1-2-10-8(6-12(14)15-10)7-3-4-9(13)11(16)5-7;1-2/h3-5,8,10H,2,6,16H2,1H3;1-2H3.